The number of imide groups is 1. The standard InChI is InChI=1S/C32H37NO7/c1-17(8-11-27(37)40-33-29(38)20-6-4-5-7-21(20)30(33)39)22-9-10-23-28-24(16-26(36)32(22,23)3)31(2)13-12-19(34)14-18(31)15-25(28)35/h4-7,17-18,22-24,28H,8-16H2,1-3H3/t17-,18+,22-,23+,24+,28+,31+,32-/m1/s1. The van der Waals surface area contributed by atoms with Gasteiger partial charge in [0.25, 0.3) is 11.8 Å². The van der Waals surface area contributed by atoms with Crippen LogP contribution in [0, 0.1) is 46.3 Å². The van der Waals surface area contributed by atoms with Crippen molar-refractivity contribution in [1.82, 2.24) is 5.06 Å². The van der Waals surface area contributed by atoms with Crippen molar-refractivity contribution in [3.63, 3.8) is 0 Å². The first-order valence-electron chi connectivity index (χ1n) is 14.7. The summed E-state index contributed by atoms with van der Waals surface area (Å²) >= 11 is 0. The molecule has 8 heteroatoms. The number of benzene rings is 1. The molecule has 1 heterocycles. The Morgan fingerprint density at radius 2 is 1.65 bits per heavy atom. The Labute approximate surface area is 234 Å². The van der Waals surface area contributed by atoms with E-state index in [9.17, 15) is 28.8 Å². The molecule has 0 aromatic heterocycles. The molecule has 0 saturated heterocycles. The fraction of sp³-hybridized carbons (Fsp3) is 0.625. The second kappa shape index (κ2) is 9.45. The van der Waals surface area contributed by atoms with Crippen LogP contribution in [0.25, 0.3) is 0 Å². The van der Waals surface area contributed by atoms with E-state index in [-0.39, 0.29) is 75.8 Å². The molecule has 8 nitrogen and oxygen atoms in total. The minimum atomic E-state index is -0.663. The lowest BCUT2D eigenvalue weighted by Gasteiger charge is -2.58. The van der Waals surface area contributed by atoms with E-state index in [2.05, 4.69) is 6.92 Å². The zero-order valence-electron chi connectivity index (χ0n) is 23.4. The Morgan fingerprint density at radius 3 is 2.33 bits per heavy atom. The first kappa shape index (κ1) is 27.0. The maximum absolute atomic E-state index is 14.0. The molecule has 4 fully saturated rings. The molecule has 6 rings (SSSR count). The summed E-state index contributed by atoms with van der Waals surface area (Å²) in [7, 11) is 0. The maximum Gasteiger partial charge on any atom is 0.333 e. The number of nitrogens with zero attached hydrogens (tertiary/aromatic N) is 1. The summed E-state index contributed by atoms with van der Waals surface area (Å²) in [5, 5.41) is 0.538. The number of hydrogen-bond acceptors (Lipinski definition) is 7. The second-order valence-electron chi connectivity index (χ2n) is 13.4. The number of carbonyl (C=O) groups excluding carboxylic acids is 6. The second-order valence-corrected chi connectivity index (χ2v) is 13.4. The van der Waals surface area contributed by atoms with Crippen molar-refractivity contribution in [3.05, 3.63) is 35.4 Å². The summed E-state index contributed by atoms with van der Waals surface area (Å²) in [4.78, 5) is 82.7. The first-order valence-corrected chi connectivity index (χ1v) is 14.7. The number of ketones is 3. The summed E-state index contributed by atoms with van der Waals surface area (Å²) < 4.78 is 0. The fourth-order valence-electron chi connectivity index (χ4n) is 9.33. The molecular formula is C32H37NO7. The molecule has 40 heavy (non-hydrogen) atoms. The van der Waals surface area contributed by atoms with Gasteiger partial charge in [0.1, 0.15) is 17.3 Å². The molecule has 4 aliphatic carbocycles. The smallest absolute Gasteiger partial charge is 0.330 e. The maximum atomic E-state index is 14.0. The van der Waals surface area contributed by atoms with Gasteiger partial charge in [-0.15, -0.1) is 0 Å². The van der Waals surface area contributed by atoms with E-state index in [1.54, 1.807) is 12.1 Å². The van der Waals surface area contributed by atoms with E-state index < -0.39 is 23.2 Å². The number of hydroxylamine groups is 2. The Morgan fingerprint density at radius 1 is 0.975 bits per heavy atom. The number of Topliss-reactive ketones (excluding diaryl/α,β-unsaturated/α-hetero) is 3. The SMILES string of the molecule is C[C@H](CCC(=O)ON1C(=O)c2ccccc2C1=O)[C@H]1CC[C@H]2[C@@H]3C(=O)C[C@@H]4CC(=O)CC[C@]4(C)[C@H]3CC(=O)[C@]12C. The van der Waals surface area contributed by atoms with Crippen LogP contribution in [0.4, 0.5) is 0 Å². The number of fused-ring (bicyclic) bond motifs is 6. The molecule has 1 aromatic rings. The minimum absolute atomic E-state index is 0.00103. The Balaban J connectivity index is 1.13. The quantitative estimate of drug-likeness (QED) is 0.489. The van der Waals surface area contributed by atoms with E-state index in [1.165, 1.54) is 12.1 Å². The summed E-state index contributed by atoms with van der Waals surface area (Å²) in [5.41, 5.74) is -0.354. The number of rotatable bonds is 5. The summed E-state index contributed by atoms with van der Waals surface area (Å²) in [6.45, 7) is 6.28. The van der Waals surface area contributed by atoms with Gasteiger partial charge in [0.2, 0.25) is 0 Å². The van der Waals surface area contributed by atoms with Gasteiger partial charge in [-0.2, -0.15) is 0 Å². The highest BCUT2D eigenvalue weighted by Gasteiger charge is 2.66. The van der Waals surface area contributed by atoms with Crippen LogP contribution in [-0.4, -0.2) is 40.2 Å². The van der Waals surface area contributed by atoms with Crippen molar-refractivity contribution < 1.29 is 33.6 Å². The fourth-order valence-corrected chi connectivity index (χ4v) is 9.33. The first-order chi connectivity index (χ1) is 19.0. The minimum Gasteiger partial charge on any atom is -0.330 e. The number of hydrogen-bond donors (Lipinski definition) is 0. The van der Waals surface area contributed by atoms with Gasteiger partial charge in [-0.05, 0) is 72.8 Å². The highest BCUT2D eigenvalue weighted by molar-refractivity contribution is 6.20. The molecule has 0 N–H and O–H groups in total. The molecule has 1 aromatic carbocycles. The summed E-state index contributed by atoms with van der Waals surface area (Å²) in [5.74, 6) is -1.35. The van der Waals surface area contributed by atoms with Crippen LogP contribution in [0.3, 0.4) is 0 Å². The third-order valence-corrected chi connectivity index (χ3v) is 11.7. The summed E-state index contributed by atoms with van der Waals surface area (Å²) in [6, 6.07) is 6.35. The third kappa shape index (κ3) is 3.85. The lowest BCUT2D eigenvalue weighted by Crippen LogP contribution is -2.60. The van der Waals surface area contributed by atoms with Gasteiger partial charge < -0.3 is 4.84 Å². The third-order valence-electron chi connectivity index (χ3n) is 11.7. The average Bonchev–Trinajstić information content (AvgIpc) is 3.40. The van der Waals surface area contributed by atoms with Crippen molar-refractivity contribution in [2.45, 2.75) is 78.6 Å². The van der Waals surface area contributed by atoms with Crippen LogP contribution in [0.1, 0.15) is 99.3 Å². The van der Waals surface area contributed by atoms with Crippen molar-refractivity contribution in [3.8, 4) is 0 Å². The van der Waals surface area contributed by atoms with Gasteiger partial charge in [0.15, 0.2) is 0 Å². The molecule has 0 bridgehead atoms. The van der Waals surface area contributed by atoms with Gasteiger partial charge >= 0.3 is 5.97 Å². The molecule has 0 radical (unpaired) electrons. The monoisotopic (exact) mass is 547 g/mol. The molecule has 5 aliphatic rings. The predicted octanol–water partition coefficient (Wildman–Crippen LogP) is 4.74. The van der Waals surface area contributed by atoms with E-state index in [4.69, 9.17) is 4.84 Å². The van der Waals surface area contributed by atoms with E-state index >= 15 is 0 Å². The van der Waals surface area contributed by atoms with Gasteiger partial charge in [0.05, 0.1) is 11.1 Å². The van der Waals surface area contributed by atoms with Gasteiger partial charge in [-0.3, -0.25) is 24.0 Å². The average molecular weight is 548 g/mol. The highest BCUT2D eigenvalue weighted by atomic mass is 16.7. The number of carbonyl (C=O) groups is 6. The molecule has 2 amide bonds. The highest BCUT2D eigenvalue weighted by Crippen LogP contribution is 2.66. The van der Waals surface area contributed by atoms with Crippen LogP contribution in [-0.2, 0) is 24.0 Å². The lowest BCUT2D eigenvalue weighted by molar-refractivity contribution is -0.169. The van der Waals surface area contributed by atoms with Gasteiger partial charge in [-0.1, -0.05) is 38.0 Å². The molecule has 0 unspecified atom stereocenters. The van der Waals surface area contributed by atoms with Crippen molar-refractivity contribution in [2.24, 2.45) is 46.3 Å². The zero-order chi connectivity index (χ0) is 28.6. The molecular weight excluding hydrogens is 510 g/mol. The Kier molecular flexibility index (Phi) is 6.39. The van der Waals surface area contributed by atoms with Crippen LogP contribution in [0.15, 0.2) is 24.3 Å². The summed E-state index contributed by atoms with van der Waals surface area (Å²) in [6.07, 6.45) is 4.67. The molecule has 4 saturated carbocycles. The van der Waals surface area contributed by atoms with Crippen molar-refractivity contribution >= 4 is 35.1 Å². The predicted molar refractivity (Wildman–Crippen MR) is 142 cm³/mol. The largest absolute Gasteiger partial charge is 0.333 e. The van der Waals surface area contributed by atoms with E-state index in [0.29, 0.717) is 37.2 Å². The molecule has 1 aliphatic heterocycles. The molecule has 212 valence electrons. The molecule has 8 atom stereocenters. The Bertz CT molecular complexity index is 1300. The number of amides is 2. The van der Waals surface area contributed by atoms with Crippen LogP contribution in [0.2, 0.25) is 0 Å². The van der Waals surface area contributed by atoms with Crippen molar-refractivity contribution in [1.29, 1.82) is 0 Å². The zero-order valence-corrected chi connectivity index (χ0v) is 23.4. The van der Waals surface area contributed by atoms with Crippen LogP contribution in [0.5, 0.6) is 0 Å². The lowest BCUT2D eigenvalue weighted by atomic mass is 9.44. The topological polar surface area (TPSA) is 115 Å². The van der Waals surface area contributed by atoms with Gasteiger partial charge in [-0.25, -0.2) is 4.79 Å². The van der Waals surface area contributed by atoms with E-state index in [0.717, 1.165) is 19.3 Å². The van der Waals surface area contributed by atoms with Crippen LogP contribution >= 0.6 is 0 Å². The van der Waals surface area contributed by atoms with E-state index in [1.807, 2.05) is 13.8 Å². The van der Waals surface area contributed by atoms with Gasteiger partial charge in [0, 0.05) is 43.4 Å². The Hall–Kier alpha value is -3.16. The van der Waals surface area contributed by atoms with Crippen LogP contribution < -0.4 is 0 Å². The van der Waals surface area contributed by atoms with Crippen molar-refractivity contribution in [2.75, 3.05) is 0 Å². The molecule has 0 spiro atoms. The normalized spacial score (nSPS) is 37.5.